The van der Waals surface area contributed by atoms with Gasteiger partial charge in [0.15, 0.2) is 12.0 Å². The molecule has 0 spiro atoms. The molecule has 3 aliphatic rings. The molecule has 2 saturated heterocycles. The average Bonchev–Trinajstić information content (AvgIpc) is 2.75. The van der Waals surface area contributed by atoms with Crippen molar-refractivity contribution >= 4 is 22.3 Å². The molecule has 3 rings (SSSR count). The molecule has 2 N–H and O–H groups in total. The molecule has 0 aromatic heterocycles. The summed E-state index contributed by atoms with van der Waals surface area (Å²) in [6, 6.07) is 0. The van der Waals surface area contributed by atoms with Crippen molar-refractivity contribution in [3.05, 3.63) is 11.9 Å². The molecule has 3 aliphatic heterocycles. The molecule has 0 radical (unpaired) electrons. The molecule has 0 aliphatic carbocycles. The van der Waals surface area contributed by atoms with Crippen molar-refractivity contribution in [3.63, 3.8) is 0 Å². The number of hydroxylamine groups is 2. The maximum absolute atomic E-state index is 12.2. The summed E-state index contributed by atoms with van der Waals surface area (Å²) in [5.41, 5.74) is -0.941. The Balaban J connectivity index is 2.04. The molecule has 176 valence electrons. The third-order valence-corrected chi connectivity index (χ3v) is 5.72. The topological polar surface area (TPSA) is 139 Å². The van der Waals surface area contributed by atoms with Crippen molar-refractivity contribution in [2.75, 3.05) is 39.5 Å². The predicted molar refractivity (Wildman–Crippen MR) is 109 cm³/mol. The summed E-state index contributed by atoms with van der Waals surface area (Å²) in [5.74, 6) is 0.690. The molecule has 0 aromatic rings. The highest BCUT2D eigenvalue weighted by Crippen LogP contribution is 2.35. The van der Waals surface area contributed by atoms with Crippen molar-refractivity contribution in [3.8, 4) is 0 Å². The minimum atomic E-state index is -4.92. The normalized spacial score (nSPS) is 27.4. The summed E-state index contributed by atoms with van der Waals surface area (Å²) >= 11 is 0. The molecule has 13 heteroatoms. The molecule has 0 aromatic carbocycles. The van der Waals surface area contributed by atoms with Gasteiger partial charge in [-0.05, 0) is 32.6 Å². The number of nitrogens with one attached hydrogen (secondary N) is 1. The van der Waals surface area contributed by atoms with Gasteiger partial charge in [0.05, 0.1) is 19.8 Å². The van der Waals surface area contributed by atoms with Gasteiger partial charge in [-0.25, -0.2) is 9.79 Å². The third kappa shape index (κ3) is 5.86. The molecule has 2 atom stereocenters. The zero-order valence-electron chi connectivity index (χ0n) is 17.8. The van der Waals surface area contributed by atoms with Gasteiger partial charge in [0.25, 0.3) is 0 Å². The van der Waals surface area contributed by atoms with Crippen LogP contribution in [0.3, 0.4) is 0 Å². The predicted octanol–water partition coefficient (Wildman–Crippen LogP) is 1.03. The summed E-state index contributed by atoms with van der Waals surface area (Å²) in [6.07, 6.45) is 2.44. The van der Waals surface area contributed by atoms with E-state index in [1.54, 1.807) is 13.0 Å². The molecule has 2 unspecified atom stereocenters. The largest absolute Gasteiger partial charge is 0.450 e. The van der Waals surface area contributed by atoms with Crippen LogP contribution in [0.2, 0.25) is 0 Å². The van der Waals surface area contributed by atoms with E-state index in [9.17, 15) is 17.8 Å². The minimum Gasteiger partial charge on any atom is -0.450 e. The first-order valence-corrected chi connectivity index (χ1v) is 11.8. The van der Waals surface area contributed by atoms with Crippen LogP contribution in [0.5, 0.6) is 0 Å². The lowest BCUT2D eigenvalue weighted by Gasteiger charge is -2.45. The molecule has 1 amide bonds. The lowest BCUT2D eigenvalue weighted by atomic mass is 9.89. The van der Waals surface area contributed by atoms with E-state index < -0.39 is 28.3 Å². The number of hydrogen-bond donors (Lipinski definition) is 2. The van der Waals surface area contributed by atoms with Gasteiger partial charge >= 0.3 is 16.5 Å². The Morgan fingerprint density at radius 1 is 1.32 bits per heavy atom. The second kappa shape index (κ2) is 10.1. The fourth-order valence-electron chi connectivity index (χ4n) is 3.85. The lowest BCUT2D eigenvalue weighted by molar-refractivity contribution is -0.0815. The standard InChI is InChI=1S/C18H30N4O8S/c1-3-18(7-5-6-10-29-18)16-19-14(21-8-11-27-12-9-21)13-15(20-17(23)28-4-2)22(16)30-31(24,25)26/h13,15H,3-12H2,1-2H3,(H,20,23)(H,24,25,26). The van der Waals surface area contributed by atoms with Gasteiger partial charge in [0.2, 0.25) is 0 Å². The number of nitrogens with zero attached hydrogens (tertiary/aromatic N) is 3. The molecule has 0 saturated carbocycles. The number of morpholine rings is 1. The molecule has 2 fully saturated rings. The second-order valence-corrected chi connectivity index (χ2v) is 8.36. The zero-order valence-corrected chi connectivity index (χ0v) is 18.6. The Kier molecular flexibility index (Phi) is 7.75. The van der Waals surface area contributed by atoms with Gasteiger partial charge in [-0.15, -0.1) is 4.28 Å². The molecule has 3 heterocycles. The van der Waals surface area contributed by atoms with E-state index in [4.69, 9.17) is 23.5 Å². The van der Waals surface area contributed by atoms with Gasteiger partial charge < -0.3 is 19.1 Å². The Hall–Kier alpha value is -1.93. The lowest BCUT2D eigenvalue weighted by Crippen LogP contribution is -2.60. The summed E-state index contributed by atoms with van der Waals surface area (Å²) in [6.45, 7) is 6.33. The maximum atomic E-state index is 12.2. The number of carbonyl (C=O) groups is 1. The van der Waals surface area contributed by atoms with Gasteiger partial charge in [0.1, 0.15) is 11.4 Å². The van der Waals surface area contributed by atoms with Crippen LogP contribution in [0.25, 0.3) is 0 Å². The van der Waals surface area contributed by atoms with Gasteiger partial charge in [0, 0.05) is 25.8 Å². The Morgan fingerprint density at radius 2 is 2.06 bits per heavy atom. The molecule has 31 heavy (non-hydrogen) atoms. The van der Waals surface area contributed by atoms with E-state index in [2.05, 4.69) is 5.32 Å². The van der Waals surface area contributed by atoms with E-state index in [0.717, 1.165) is 17.9 Å². The number of rotatable bonds is 7. The Labute approximate surface area is 182 Å². The SMILES string of the molecule is CCOC(=O)NC1C=C(N2CCOCC2)N=C(C2(CC)CCCCO2)N1OS(=O)(=O)O. The molecular weight excluding hydrogens is 432 g/mol. The van der Waals surface area contributed by atoms with Crippen LogP contribution in [-0.2, 0) is 28.9 Å². The van der Waals surface area contributed by atoms with Crippen molar-refractivity contribution < 1.29 is 36.3 Å². The van der Waals surface area contributed by atoms with E-state index >= 15 is 0 Å². The van der Waals surface area contributed by atoms with Crippen molar-refractivity contribution in [1.29, 1.82) is 0 Å². The number of alkyl carbamates (subject to hydrolysis) is 1. The number of carbonyl (C=O) groups excluding carboxylic acids is 1. The van der Waals surface area contributed by atoms with Crippen LogP contribution in [0.15, 0.2) is 16.9 Å². The number of ether oxygens (including phenoxy) is 3. The smallest absolute Gasteiger partial charge is 0.418 e. The average molecular weight is 463 g/mol. The summed E-state index contributed by atoms with van der Waals surface area (Å²) < 4.78 is 54.1. The first kappa shape index (κ1) is 23.7. The van der Waals surface area contributed by atoms with Crippen LogP contribution in [0, 0.1) is 0 Å². The summed E-state index contributed by atoms with van der Waals surface area (Å²) in [4.78, 5) is 18.8. The number of amides is 1. The van der Waals surface area contributed by atoms with Crippen LogP contribution < -0.4 is 5.32 Å². The Morgan fingerprint density at radius 3 is 2.65 bits per heavy atom. The maximum Gasteiger partial charge on any atom is 0.418 e. The van der Waals surface area contributed by atoms with Gasteiger partial charge in [-0.2, -0.15) is 13.5 Å². The van der Waals surface area contributed by atoms with Crippen molar-refractivity contribution in [1.82, 2.24) is 15.3 Å². The van der Waals surface area contributed by atoms with Crippen molar-refractivity contribution in [2.45, 2.75) is 51.3 Å². The highest BCUT2D eigenvalue weighted by atomic mass is 32.3. The van der Waals surface area contributed by atoms with Crippen LogP contribution in [0.4, 0.5) is 4.79 Å². The van der Waals surface area contributed by atoms with E-state index in [0.29, 0.717) is 51.6 Å². The van der Waals surface area contributed by atoms with Gasteiger partial charge in [-0.3, -0.25) is 9.87 Å². The van der Waals surface area contributed by atoms with E-state index in [1.165, 1.54) is 0 Å². The second-order valence-electron chi connectivity index (χ2n) is 7.35. The monoisotopic (exact) mass is 462 g/mol. The summed E-state index contributed by atoms with van der Waals surface area (Å²) in [5, 5.41) is 3.45. The fourth-order valence-corrected chi connectivity index (χ4v) is 4.22. The molecular formula is C18H30N4O8S. The quantitative estimate of drug-likeness (QED) is 0.527. The first-order valence-electron chi connectivity index (χ1n) is 10.4. The van der Waals surface area contributed by atoms with Gasteiger partial charge in [-0.1, -0.05) is 6.92 Å². The van der Waals surface area contributed by atoms with Crippen LogP contribution in [0.1, 0.15) is 39.5 Å². The highest BCUT2D eigenvalue weighted by Gasteiger charge is 2.46. The first-order chi connectivity index (χ1) is 14.8. The fraction of sp³-hybridized carbons (Fsp3) is 0.778. The van der Waals surface area contributed by atoms with Crippen LogP contribution in [-0.4, -0.2) is 86.1 Å². The highest BCUT2D eigenvalue weighted by molar-refractivity contribution is 7.80. The van der Waals surface area contributed by atoms with E-state index in [-0.39, 0.29) is 12.4 Å². The van der Waals surface area contributed by atoms with Crippen LogP contribution >= 0.6 is 0 Å². The van der Waals surface area contributed by atoms with E-state index in [1.807, 2.05) is 11.8 Å². The Bertz CT molecular complexity index is 803. The zero-order chi connectivity index (χ0) is 22.5. The molecule has 0 bridgehead atoms. The number of amidine groups is 1. The molecule has 12 nitrogen and oxygen atoms in total. The third-order valence-electron chi connectivity index (χ3n) is 5.37. The van der Waals surface area contributed by atoms with Crippen molar-refractivity contribution in [2.24, 2.45) is 4.99 Å². The number of aliphatic imine (C=N–C) groups is 1. The number of hydrogen-bond acceptors (Lipinski definition) is 10. The minimum absolute atomic E-state index is 0.126. The summed E-state index contributed by atoms with van der Waals surface area (Å²) in [7, 11) is -4.92.